The molecule has 11 heteroatoms. The maximum absolute atomic E-state index is 13.3. The Morgan fingerprint density at radius 1 is 1.18 bits per heavy atom. The van der Waals surface area contributed by atoms with E-state index in [0.717, 1.165) is 6.07 Å². The third kappa shape index (κ3) is 5.07. The van der Waals surface area contributed by atoms with Crippen LogP contribution in [0, 0.1) is 15.9 Å². The number of hydrogen-bond acceptors (Lipinski definition) is 6. The number of benzene rings is 2. The number of amides is 1. The van der Waals surface area contributed by atoms with Gasteiger partial charge in [-0.05, 0) is 55.0 Å². The van der Waals surface area contributed by atoms with Crippen LogP contribution in [0.1, 0.15) is 22.5 Å². The molecule has 1 atom stereocenters. The molecule has 172 valence electrons. The Balaban J connectivity index is 1.65. The minimum atomic E-state index is -3.31. The van der Waals surface area contributed by atoms with E-state index in [-0.39, 0.29) is 40.9 Å². The Hall–Kier alpha value is -3.24. The first kappa shape index (κ1) is 22.9. The van der Waals surface area contributed by atoms with E-state index in [4.69, 9.17) is 16.0 Å². The summed E-state index contributed by atoms with van der Waals surface area (Å²) in [5, 5.41) is 11.1. The first-order chi connectivity index (χ1) is 15.6. The molecular formula is C22H18ClFN2O6S. The highest BCUT2D eigenvalue weighted by atomic mass is 35.5. The second kappa shape index (κ2) is 8.95. The summed E-state index contributed by atoms with van der Waals surface area (Å²) < 4.78 is 43.1. The molecule has 1 aliphatic rings. The molecule has 0 spiro atoms. The highest BCUT2D eigenvalue weighted by molar-refractivity contribution is 7.91. The van der Waals surface area contributed by atoms with E-state index in [0.29, 0.717) is 17.1 Å². The standard InChI is InChI=1S/C22H18ClFN2O6S/c23-19-7-3-15(11-20(19)26(28)29)22(27)25(17-9-10-33(30,31)13-17)12-18-6-8-21(32-18)14-1-4-16(24)5-2-14/h1-8,11,17H,9-10,12-13H2. The molecule has 3 aromatic rings. The molecule has 2 aromatic carbocycles. The summed E-state index contributed by atoms with van der Waals surface area (Å²) in [6, 6.07) is 12.1. The summed E-state index contributed by atoms with van der Waals surface area (Å²) in [7, 11) is -3.31. The van der Waals surface area contributed by atoms with E-state index in [1.807, 2.05) is 0 Å². The van der Waals surface area contributed by atoms with Gasteiger partial charge in [-0.15, -0.1) is 0 Å². The largest absolute Gasteiger partial charge is 0.459 e. The Kier molecular flexibility index (Phi) is 6.22. The zero-order valence-electron chi connectivity index (χ0n) is 17.1. The predicted molar refractivity (Wildman–Crippen MR) is 119 cm³/mol. The number of nitrogens with zero attached hydrogens (tertiary/aromatic N) is 2. The molecule has 1 aliphatic heterocycles. The maximum atomic E-state index is 13.3. The third-order valence-corrected chi connectivity index (χ3v) is 7.49. The summed E-state index contributed by atoms with van der Waals surface area (Å²) in [6.45, 7) is -0.0450. The zero-order valence-corrected chi connectivity index (χ0v) is 18.7. The van der Waals surface area contributed by atoms with E-state index in [1.165, 1.54) is 29.2 Å². The van der Waals surface area contributed by atoms with Crippen molar-refractivity contribution < 1.29 is 26.9 Å². The van der Waals surface area contributed by atoms with Crippen LogP contribution >= 0.6 is 11.6 Å². The number of nitro groups is 1. The molecule has 8 nitrogen and oxygen atoms in total. The van der Waals surface area contributed by atoms with E-state index in [9.17, 15) is 27.7 Å². The SMILES string of the molecule is O=C(c1ccc(Cl)c([N+](=O)[O-])c1)N(Cc1ccc(-c2ccc(F)cc2)o1)C1CCS(=O)(=O)C1. The van der Waals surface area contributed by atoms with Crippen molar-refractivity contribution in [3.63, 3.8) is 0 Å². The lowest BCUT2D eigenvalue weighted by Crippen LogP contribution is -2.40. The first-order valence-corrected chi connectivity index (χ1v) is 12.1. The fourth-order valence-corrected chi connectivity index (χ4v) is 5.66. The van der Waals surface area contributed by atoms with Crippen molar-refractivity contribution in [3.05, 3.63) is 86.9 Å². The van der Waals surface area contributed by atoms with Crippen LogP contribution in [-0.4, -0.2) is 41.7 Å². The van der Waals surface area contributed by atoms with Crippen molar-refractivity contribution in [3.8, 4) is 11.3 Å². The monoisotopic (exact) mass is 492 g/mol. The minimum absolute atomic E-state index is 0.0145. The molecule has 1 saturated heterocycles. The third-order valence-electron chi connectivity index (χ3n) is 5.42. The average Bonchev–Trinajstić information content (AvgIpc) is 3.38. The molecule has 1 aromatic heterocycles. The van der Waals surface area contributed by atoms with Crippen molar-refractivity contribution in [1.29, 1.82) is 0 Å². The number of nitro benzene ring substituents is 1. The van der Waals surface area contributed by atoms with E-state index in [1.54, 1.807) is 24.3 Å². The summed E-state index contributed by atoms with van der Waals surface area (Å²) in [5.41, 5.74) is 0.233. The number of carbonyl (C=O) groups is 1. The van der Waals surface area contributed by atoms with Crippen LogP contribution in [-0.2, 0) is 16.4 Å². The van der Waals surface area contributed by atoms with Gasteiger partial charge in [0.2, 0.25) is 0 Å². The fraction of sp³-hybridized carbons (Fsp3) is 0.227. The second-order valence-electron chi connectivity index (χ2n) is 7.69. The van der Waals surface area contributed by atoms with Gasteiger partial charge in [0.15, 0.2) is 9.84 Å². The van der Waals surface area contributed by atoms with Crippen LogP contribution < -0.4 is 0 Å². The molecular weight excluding hydrogens is 475 g/mol. The molecule has 0 saturated carbocycles. The topological polar surface area (TPSA) is 111 Å². The Bertz CT molecular complexity index is 1320. The lowest BCUT2D eigenvalue weighted by molar-refractivity contribution is -0.384. The highest BCUT2D eigenvalue weighted by Gasteiger charge is 2.36. The van der Waals surface area contributed by atoms with Crippen LogP contribution in [0.5, 0.6) is 0 Å². The maximum Gasteiger partial charge on any atom is 0.288 e. The lowest BCUT2D eigenvalue weighted by atomic mass is 10.1. The van der Waals surface area contributed by atoms with Crippen molar-refractivity contribution in [1.82, 2.24) is 4.90 Å². The van der Waals surface area contributed by atoms with Crippen molar-refractivity contribution in [2.24, 2.45) is 0 Å². The number of sulfone groups is 1. The molecule has 0 bridgehead atoms. The van der Waals surface area contributed by atoms with Crippen molar-refractivity contribution in [2.75, 3.05) is 11.5 Å². The van der Waals surface area contributed by atoms with Gasteiger partial charge in [0, 0.05) is 23.2 Å². The van der Waals surface area contributed by atoms with Crippen LogP contribution in [0.25, 0.3) is 11.3 Å². The molecule has 0 aliphatic carbocycles. The first-order valence-electron chi connectivity index (χ1n) is 9.93. The second-order valence-corrected chi connectivity index (χ2v) is 10.3. The van der Waals surface area contributed by atoms with E-state index < -0.39 is 32.4 Å². The summed E-state index contributed by atoms with van der Waals surface area (Å²) in [6.07, 6.45) is 0.245. The summed E-state index contributed by atoms with van der Waals surface area (Å²) in [5.74, 6) is -0.381. The quantitative estimate of drug-likeness (QED) is 0.370. The Labute approximate surface area is 193 Å². The number of hydrogen-bond donors (Lipinski definition) is 0. The number of rotatable bonds is 6. The molecule has 1 unspecified atom stereocenters. The Morgan fingerprint density at radius 2 is 1.91 bits per heavy atom. The fourth-order valence-electron chi connectivity index (χ4n) is 3.74. The van der Waals surface area contributed by atoms with Gasteiger partial charge in [0.25, 0.3) is 11.6 Å². The number of furan rings is 1. The minimum Gasteiger partial charge on any atom is -0.459 e. The highest BCUT2D eigenvalue weighted by Crippen LogP contribution is 2.29. The molecule has 33 heavy (non-hydrogen) atoms. The van der Waals surface area contributed by atoms with Gasteiger partial charge >= 0.3 is 0 Å². The molecule has 0 N–H and O–H groups in total. The lowest BCUT2D eigenvalue weighted by Gasteiger charge is -2.27. The van der Waals surface area contributed by atoms with Gasteiger partial charge in [0.05, 0.1) is 23.0 Å². The summed E-state index contributed by atoms with van der Waals surface area (Å²) in [4.78, 5) is 25.2. The van der Waals surface area contributed by atoms with E-state index >= 15 is 0 Å². The summed E-state index contributed by atoms with van der Waals surface area (Å²) >= 11 is 5.86. The van der Waals surface area contributed by atoms with Crippen LogP contribution in [0.4, 0.5) is 10.1 Å². The van der Waals surface area contributed by atoms with Gasteiger partial charge in [-0.2, -0.15) is 0 Å². The molecule has 1 fully saturated rings. The number of carbonyl (C=O) groups excluding carboxylic acids is 1. The zero-order chi connectivity index (χ0) is 23.8. The molecule has 0 radical (unpaired) electrons. The molecule has 4 rings (SSSR count). The van der Waals surface area contributed by atoms with Gasteiger partial charge in [-0.25, -0.2) is 12.8 Å². The smallest absolute Gasteiger partial charge is 0.288 e. The normalized spacial score (nSPS) is 17.1. The van der Waals surface area contributed by atoms with Crippen LogP contribution in [0.15, 0.2) is 59.0 Å². The van der Waals surface area contributed by atoms with Gasteiger partial charge in [0.1, 0.15) is 22.4 Å². The van der Waals surface area contributed by atoms with E-state index in [2.05, 4.69) is 0 Å². The van der Waals surface area contributed by atoms with Gasteiger partial charge < -0.3 is 9.32 Å². The van der Waals surface area contributed by atoms with Crippen molar-refractivity contribution >= 4 is 33.0 Å². The molecule has 1 amide bonds. The number of halogens is 2. The Morgan fingerprint density at radius 3 is 2.55 bits per heavy atom. The molecule has 2 heterocycles. The van der Waals surface area contributed by atoms with Gasteiger partial charge in [-0.3, -0.25) is 14.9 Å². The van der Waals surface area contributed by atoms with Crippen LogP contribution in [0.3, 0.4) is 0 Å². The predicted octanol–water partition coefficient (Wildman–Crippen LogP) is 4.48. The van der Waals surface area contributed by atoms with Crippen molar-refractivity contribution in [2.45, 2.75) is 19.0 Å². The van der Waals surface area contributed by atoms with Gasteiger partial charge in [-0.1, -0.05) is 11.6 Å². The average molecular weight is 493 g/mol. The van der Waals surface area contributed by atoms with Crippen LogP contribution in [0.2, 0.25) is 5.02 Å².